The molecule has 1 N–H and O–H groups in total. The van der Waals surface area contributed by atoms with Crippen molar-refractivity contribution >= 4 is 5.91 Å². The van der Waals surface area contributed by atoms with Gasteiger partial charge < -0.3 is 5.32 Å². The Morgan fingerprint density at radius 2 is 2.12 bits per heavy atom. The van der Waals surface area contributed by atoms with Crippen LogP contribution < -0.4 is 5.32 Å². The van der Waals surface area contributed by atoms with Crippen molar-refractivity contribution in [1.29, 1.82) is 0 Å². The fourth-order valence-corrected chi connectivity index (χ4v) is 0.974. The zero-order valence-corrected chi connectivity index (χ0v) is 10.4. The summed E-state index contributed by atoms with van der Waals surface area (Å²) in [4.78, 5) is 15.5. The third-order valence-corrected chi connectivity index (χ3v) is 1.79. The molecule has 0 aliphatic heterocycles. The molecule has 0 unspecified atom stereocenters. The van der Waals surface area contributed by atoms with E-state index in [1.807, 2.05) is 45.9 Å². The topological polar surface area (TPSA) is 42.0 Å². The second-order valence-electron chi connectivity index (χ2n) is 2.97. The predicted octanol–water partition coefficient (Wildman–Crippen LogP) is 2.72. The predicted molar refractivity (Wildman–Crippen MR) is 67.5 cm³/mol. The number of hydrogen-bond donors (Lipinski definition) is 1. The van der Waals surface area contributed by atoms with Gasteiger partial charge in [0.2, 0.25) is 0 Å². The zero-order valence-electron chi connectivity index (χ0n) is 10.4. The Morgan fingerprint density at radius 3 is 2.62 bits per heavy atom. The Morgan fingerprint density at radius 1 is 1.44 bits per heavy atom. The van der Waals surface area contributed by atoms with Crippen molar-refractivity contribution in [3.05, 3.63) is 41.7 Å². The molecule has 0 bridgehead atoms. The number of allylic oxidation sites excluding steroid dienone is 1. The van der Waals surface area contributed by atoms with Crippen molar-refractivity contribution < 1.29 is 4.79 Å². The highest BCUT2D eigenvalue weighted by Gasteiger charge is 2.02. The van der Waals surface area contributed by atoms with Crippen molar-refractivity contribution in [2.24, 2.45) is 0 Å². The molecular formula is C13H20N2O. The lowest BCUT2D eigenvalue weighted by Crippen LogP contribution is -2.23. The summed E-state index contributed by atoms with van der Waals surface area (Å²) in [6.45, 7) is 8.37. The SMILES string of the molecule is C/C=C/CNC(=O)c1ccc(C)nc1.CC. The molecule has 1 heterocycles. The Labute approximate surface area is 97.6 Å². The Balaban J connectivity index is 0.00000106. The van der Waals surface area contributed by atoms with E-state index in [0.29, 0.717) is 12.1 Å². The maximum atomic E-state index is 11.4. The lowest BCUT2D eigenvalue weighted by atomic mass is 10.2. The van der Waals surface area contributed by atoms with Gasteiger partial charge in [-0.3, -0.25) is 9.78 Å². The average molecular weight is 220 g/mol. The van der Waals surface area contributed by atoms with Crippen LogP contribution in [0.1, 0.15) is 36.8 Å². The number of nitrogens with one attached hydrogen (secondary N) is 1. The van der Waals surface area contributed by atoms with Crippen LogP contribution in [0.15, 0.2) is 30.5 Å². The standard InChI is InChI=1S/C11H14N2O.C2H6/c1-3-4-7-12-11(14)10-6-5-9(2)13-8-10;1-2/h3-6,8H,7H2,1-2H3,(H,12,14);1-2H3/b4-3+;. The van der Waals surface area contributed by atoms with Crippen molar-refractivity contribution in [2.45, 2.75) is 27.7 Å². The van der Waals surface area contributed by atoms with E-state index in [0.717, 1.165) is 5.69 Å². The maximum absolute atomic E-state index is 11.4. The van der Waals surface area contributed by atoms with E-state index in [-0.39, 0.29) is 5.91 Å². The third-order valence-electron chi connectivity index (χ3n) is 1.79. The molecule has 0 aliphatic rings. The minimum Gasteiger partial charge on any atom is -0.349 e. The number of rotatable bonds is 3. The van der Waals surface area contributed by atoms with Crippen LogP contribution in [-0.4, -0.2) is 17.4 Å². The molecule has 0 saturated heterocycles. The molecule has 0 saturated carbocycles. The number of pyridine rings is 1. The molecule has 3 nitrogen and oxygen atoms in total. The van der Waals surface area contributed by atoms with E-state index in [1.54, 1.807) is 12.3 Å². The second-order valence-corrected chi connectivity index (χ2v) is 2.97. The van der Waals surface area contributed by atoms with Gasteiger partial charge in [0.25, 0.3) is 5.91 Å². The van der Waals surface area contributed by atoms with Crippen molar-refractivity contribution in [3.63, 3.8) is 0 Å². The van der Waals surface area contributed by atoms with E-state index in [9.17, 15) is 4.79 Å². The zero-order chi connectivity index (χ0) is 12.4. The van der Waals surface area contributed by atoms with Gasteiger partial charge in [-0.15, -0.1) is 0 Å². The maximum Gasteiger partial charge on any atom is 0.253 e. The molecular weight excluding hydrogens is 200 g/mol. The molecule has 0 aromatic carbocycles. The summed E-state index contributed by atoms with van der Waals surface area (Å²) in [5.74, 6) is -0.0874. The van der Waals surface area contributed by atoms with Gasteiger partial charge in [0, 0.05) is 18.4 Å². The first kappa shape index (κ1) is 14.4. The van der Waals surface area contributed by atoms with Gasteiger partial charge >= 0.3 is 0 Å². The Bertz CT molecular complexity index is 328. The van der Waals surface area contributed by atoms with Gasteiger partial charge in [-0.1, -0.05) is 26.0 Å². The highest BCUT2D eigenvalue weighted by Crippen LogP contribution is 1.98. The number of carbonyl (C=O) groups excluding carboxylic acids is 1. The van der Waals surface area contributed by atoms with E-state index in [2.05, 4.69) is 10.3 Å². The number of aryl methyl sites for hydroxylation is 1. The van der Waals surface area contributed by atoms with Gasteiger partial charge in [-0.2, -0.15) is 0 Å². The molecule has 1 amide bonds. The molecule has 3 heteroatoms. The summed E-state index contributed by atoms with van der Waals surface area (Å²) < 4.78 is 0. The molecule has 88 valence electrons. The highest BCUT2D eigenvalue weighted by atomic mass is 16.1. The van der Waals surface area contributed by atoms with Crippen LogP contribution in [0.25, 0.3) is 0 Å². The first-order valence-electron chi connectivity index (χ1n) is 5.56. The van der Waals surface area contributed by atoms with E-state index in [1.165, 1.54) is 0 Å². The van der Waals surface area contributed by atoms with Crippen LogP contribution >= 0.6 is 0 Å². The highest BCUT2D eigenvalue weighted by molar-refractivity contribution is 5.93. The number of amides is 1. The van der Waals surface area contributed by atoms with Crippen molar-refractivity contribution in [2.75, 3.05) is 6.54 Å². The minimum absolute atomic E-state index is 0.0874. The molecule has 1 aromatic heterocycles. The Hall–Kier alpha value is -1.64. The average Bonchev–Trinajstić information content (AvgIpc) is 2.33. The van der Waals surface area contributed by atoms with Gasteiger partial charge in [0.1, 0.15) is 0 Å². The van der Waals surface area contributed by atoms with E-state index < -0.39 is 0 Å². The van der Waals surface area contributed by atoms with Crippen molar-refractivity contribution in [3.8, 4) is 0 Å². The second kappa shape index (κ2) is 8.65. The van der Waals surface area contributed by atoms with E-state index in [4.69, 9.17) is 0 Å². The molecule has 1 rings (SSSR count). The van der Waals surface area contributed by atoms with Crippen LogP contribution in [0, 0.1) is 6.92 Å². The van der Waals surface area contributed by atoms with Crippen LogP contribution in [0.5, 0.6) is 0 Å². The van der Waals surface area contributed by atoms with Gasteiger partial charge in [-0.05, 0) is 26.0 Å². The molecule has 0 fully saturated rings. The largest absolute Gasteiger partial charge is 0.349 e. The van der Waals surface area contributed by atoms with Crippen LogP contribution in [0.4, 0.5) is 0 Å². The lowest BCUT2D eigenvalue weighted by Gasteiger charge is -2.01. The van der Waals surface area contributed by atoms with Gasteiger partial charge in [0.05, 0.1) is 5.56 Å². The first-order valence-corrected chi connectivity index (χ1v) is 5.56. The van der Waals surface area contributed by atoms with E-state index >= 15 is 0 Å². The molecule has 0 spiro atoms. The number of nitrogens with zero attached hydrogens (tertiary/aromatic N) is 1. The summed E-state index contributed by atoms with van der Waals surface area (Å²) in [5, 5.41) is 2.75. The summed E-state index contributed by atoms with van der Waals surface area (Å²) in [5.41, 5.74) is 1.51. The smallest absolute Gasteiger partial charge is 0.253 e. The number of carbonyl (C=O) groups is 1. The summed E-state index contributed by atoms with van der Waals surface area (Å²) >= 11 is 0. The molecule has 0 radical (unpaired) electrons. The molecule has 0 atom stereocenters. The van der Waals surface area contributed by atoms with Crippen LogP contribution in [0.2, 0.25) is 0 Å². The van der Waals surface area contributed by atoms with Crippen molar-refractivity contribution in [1.82, 2.24) is 10.3 Å². The van der Waals surface area contributed by atoms with Gasteiger partial charge in [0.15, 0.2) is 0 Å². The number of aromatic nitrogens is 1. The number of hydrogen-bond acceptors (Lipinski definition) is 2. The molecule has 0 aliphatic carbocycles. The monoisotopic (exact) mass is 220 g/mol. The summed E-state index contributed by atoms with van der Waals surface area (Å²) in [7, 11) is 0. The quantitative estimate of drug-likeness (QED) is 0.796. The minimum atomic E-state index is -0.0874. The summed E-state index contributed by atoms with van der Waals surface area (Å²) in [6, 6.07) is 3.60. The summed E-state index contributed by atoms with van der Waals surface area (Å²) in [6.07, 6.45) is 5.37. The molecule has 16 heavy (non-hydrogen) atoms. The van der Waals surface area contributed by atoms with Crippen LogP contribution in [0.3, 0.4) is 0 Å². The fourth-order valence-electron chi connectivity index (χ4n) is 0.974. The third kappa shape index (κ3) is 5.29. The first-order chi connectivity index (χ1) is 7.74. The molecule has 1 aromatic rings. The Kier molecular flexibility index (Phi) is 7.76. The normalized spacial score (nSPS) is 9.50. The van der Waals surface area contributed by atoms with Gasteiger partial charge in [-0.25, -0.2) is 0 Å². The fraction of sp³-hybridized carbons (Fsp3) is 0.385. The lowest BCUT2D eigenvalue weighted by molar-refractivity contribution is 0.0957. The van der Waals surface area contributed by atoms with Crippen LogP contribution in [-0.2, 0) is 0 Å².